The number of aryl methyl sites for hydroxylation is 1. The largest absolute Gasteiger partial charge is 0.502 e. The van der Waals surface area contributed by atoms with Gasteiger partial charge in [-0.1, -0.05) is 30.3 Å². The summed E-state index contributed by atoms with van der Waals surface area (Å²) < 4.78 is 28.4. The van der Waals surface area contributed by atoms with Crippen LogP contribution < -0.4 is 10.4 Å². The summed E-state index contributed by atoms with van der Waals surface area (Å²) in [4.78, 5) is 40.1. The first-order chi connectivity index (χ1) is 15.8. The lowest BCUT2D eigenvalue weighted by molar-refractivity contribution is 0.0640. The summed E-state index contributed by atoms with van der Waals surface area (Å²) in [7, 11) is 1.59. The van der Waals surface area contributed by atoms with Crippen LogP contribution in [-0.2, 0) is 13.0 Å². The van der Waals surface area contributed by atoms with Crippen LogP contribution in [0.1, 0.15) is 50.1 Å². The number of ketones is 1. The molecule has 0 saturated carbocycles. The minimum Gasteiger partial charge on any atom is -0.502 e. The van der Waals surface area contributed by atoms with E-state index in [0.29, 0.717) is 6.54 Å². The number of fused-ring (bicyclic) bond motifs is 5. The van der Waals surface area contributed by atoms with Crippen molar-refractivity contribution in [2.24, 2.45) is 0 Å². The van der Waals surface area contributed by atoms with Gasteiger partial charge in [-0.2, -0.15) is 0 Å². The van der Waals surface area contributed by atoms with Gasteiger partial charge in [0.15, 0.2) is 17.2 Å². The zero-order valence-electron chi connectivity index (χ0n) is 17.6. The molecule has 0 saturated heterocycles. The zero-order valence-corrected chi connectivity index (χ0v) is 17.6. The molecule has 0 fully saturated rings. The van der Waals surface area contributed by atoms with E-state index in [2.05, 4.69) is 0 Å². The minimum absolute atomic E-state index is 0.0493. The first kappa shape index (κ1) is 20.9. The second-order valence-electron chi connectivity index (χ2n) is 8.16. The number of rotatable bonds is 4. The van der Waals surface area contributed by atoms with Crippen LogP contribution in [0, 0.1) is 11.6 Å². The van der Waals surface area contributed by atoms with E-state index in [-0.39, 0.29) is 29.7 Å². The van der Waals surface area contributed by atoms with Gasteiger partial charge in [0, 0.05) is 31.3 Å². The molecule has 5 rings (SSSR count). The van der Waals surface area contributed by atoms with Crippen LogP contribution in [0.2, 0.25) is 0 Å². The Kier molecular flexibility index (Phi) is 4.77. The number of hydrogen-bond acceptors (Lipinski definition) is 5. The predicted molar refractivity (Wildman–Crippen MR) is 115 cm³/mol. The number of amides is 1. The summed E-state index contributed by atoms with van der Waals surface area (Å²) in [6.45, 7) is 0.405. The number of aromatic hydroxyl groups is 1. The van der Waals surface area contributed by atoms with Gasteiger partial charge >= 0.3 is 0 Å². The molecule has 33 heavy (non-hydrogen) atoms. The fraction of sp³-hybridized carbons (Fsp3) is 0.208. The Morgan fingerprint density at radius 1 is 1.15 bits per heavy atom. The van der Waals surface area contributed by atoms with Crippen molar-refractivity contribution in [1.29, 1.82) is 0 Å². The SMILES string of the molecule is CN1C(=O)c2c(O)c(=O)c(C(=O)CCc3ccc(F)cc3F)cn2N2Cc3ccccc3[C@@H]12. The van der Waals surface area contributed by atoms with E-state index < -0.39 is 40.7 Å². The van der Waals surface area contributed by atoms with Crippen molar-refractivity contribution in [2.75, 3.05) is 12.1 Å². The number of pyridine rings is 1. The summed E-state index contributed by atoms with van der Waals surface area (Å²) in [6, 6.07) is 10.6. The molecule has 1 atom stereocenters. The van der Waals surface area contributed by atoms with Gasteiger partial charge in [0.1, 0.15) is 17.8 Å². The van der Waals surface area contributed by atoms with Gasteiger partial charge in [0.05, 0.1) is 12.1 Å². The molecule has 2 aliphatic rings. The zero-order chi connectivity index (χ0) is 23.4. The van der Waals surface area contributed by atoms with E-state index in [1.165, 1.54) is 21.8 Å². The van der Waals surface area contributed by atoms with Crippen LogP contribution in [0.25, 0.3) is 0 Å². The van der Waals surface area contributed by atoms with Crippen molar-refractivity contribution in [3.8, 4) is 5.75 Å². The van der Waals surface area contributed by atoms with Crippen molar-refractivity contribution < 1.29 is 23.5 Å². The molecule has 1 amide bonds. The van der Waals surface area contributed by atoms with Crippen molar-refractivity contribution in [3.63, 3.8) is 0 Å². The Bertz CT molecular complexity index is 1380. The van der Waals surface area contributed by atoms with E-state index in [9.17, 15) is 28.3 Å². The lowest BCUT2D eigenvalue weighted by Crippen LogP contribution is -2.52. The number of halogens is 2. The van der Waals surface area contributed by atoms with Crippen LogP contribution in [-0.4, -0.2) is 33.4 Å². The van der Waals surface area contributed by atoms with Gasteiger partial charge in [-0.15, -0.1) is 0 Å². The van der Waals surface area contributed by atoms with Crippen molar-refractivity contribution >= 4 is 11.7 Å². The summed E-state index contributed by atoms with van der Waals surface area (Å²) >= 11 is 0. The minimum atomic E-state index is -0.956. The van der Waals surface area contributed by atoms with Gasteiger partial charge in [-0.05, 0) is 23.6 Å². The highest BCUT2D eigenvalue weighted by Gasteiger charge is 2.43. The number of carbonyl (C=O) groups excluding carboxylic acids is 2. The Balaban J connectivity index is 1.53. The third kappa shape index (κ3) is 3.19. The average molecular weight is 451 g/mol. The predicted octanol–water partition coefficient (Wildman–Crippen LogP) is 2.88. The molecule has 9 heteroatoms. The second kappa shape index (κ2) is 7.54. The number of benzene rings is 2. The summed E-state index contributed by atoms with van der Waals surface area (Å²) in [5.41, 5.74) is 0.560. The lowest BCUT2D eigenvalue weighted by Gasteiger charge is -2.41. The lowest BCUT2D eigenvalue weighted by atomic mass is 10.0. The molecule has 3 heterocycles. The highest BCUT2D eigenvalue weighted by Crippen LogP contribution is 2.39. The molecule has 2 aromatic carbocycles. The number of aromatic nitrogens is 1. The van der Waals surface area contributed by atoms with Gasteiger partial charge in [-0.25, -0.2) is 8.78 Å². The maximum absolute atomic E-state index is 13.9. The van der Waals surface area contributed by atoms with Crippen molar-refractivity contribution in [1.82, 2.24) is 9.58 Å². The van der Waals surface area contributed by atoms with E-state index in [4.69, 9.17) is 0 Å². The molecule has 1 N–H and O–H groups in total. The number of nitrogens with zero attached hydrogens (tertiary/aromatic N) is 3. The fourth-order valence-corrected chi connectivity index (χ4v) is 4.53. The van der Waals surface area contributed by atoms with Crippen LogP contribution in [0.15, 0.2) is 53.5 Å². The van der Waals surface area contributed by atoms with Crippen molar-refractivity contribution in [3.05, 3.63) is 98.5 Å². The molecule has 0 bridgehead atoms. The summed E-state index contributed by atoms with van der Waals surface area (Å²) in [5, 5.41) is 12.4. The standard InChI is InChI=1S/C24H19F2N3O4/c1-27-23-16-5-3-2-4-14(16)11-29(23)28-12-17(21(31)22(32)20(28)24(27)33)19(30)9-7-13-6-8-15(25)10-18(13)26/h2-6,8,10,12,23,32H,7,9,11H2,1H3/t23-/m0/s1. The fourth-order valence-electron chi connectivity index (χ4n) is 4.53. The number of Topliss-reactive ketones (excluding diaryl/α,β-unsaturated/α-hetero) is 1. The Morgan fingerprint density at radius 3 is 2.67 bits per heavy atom. The van der Waals surface area contributed by atoms with Gasteiger partial charge in [-0.3, -0.25) is 24.1 Å². The molecule has 3 aromatic rings. The molecule has 1 aromatic heterocycles. The van der Waals surface area contributed by atoms with Gasteiger partial charge < -0.3 is 10.0 Å². The van der Waals surface area contributed by atoms with E-state index in [1.807, 2.05) is 24.3 Å². The third-order valence-corrected chi connectivity index (χ3v) is 6.22. The molecule has 0 radical (unpaired) electrons. The topological polar surface area (TPSA) is 82.9 Å². The summed E-state index contributed by atoms with van der Waals surface area (Å²) in [5.74, 6) is -3.47. The maximum Gasteiger partial charge on any atom is 0.278 e. The molecule has 7 nitrogen and oxygen atoms in total. The Morgan fingerprint density at radius 2 is 1.91 bits per heavy atom. The molecule has 2 aliphatic heterocycles. The van der Waals surface area contributed by atoms with Crippen LogP contribution in [0.4, 0.5) is 8.78 Å². The summed E-state index contributed by atoms with van der Waals surface area (Å²) in [6.07, 6.45) is 0.532. The molecule has 168 valence electrons. The maximum atomic E-state index is 13.9. The average Bonchev–Trinajstić information content (AvgIpc) is 3.18. The quantitative estimate of drug-likeness (QED) is 0.617. The highest BCUT2D eigenvalue weighted by molar-refractivity contribution is 6.00. The van der Waals surface area contributed by atoms with Crippen LogP contribution in [0.5, 0.6) is 5.75 Å². The van der Waals surface area contributed by atoms with E-state index in [0.717, 1.165) is 23.3 Å². The molecule has 0 unspecified atom stereocenters. The van der Waals surface area contributed by atoms with Crippen molar-refractivity contribution in [2.45, 2.75) is 25.6 Å². The first-order valence-electron chi connectivity index (χ1n) is 10.4. The van der Waals surface area contributed by atoms with E-state index >= 15 is 0 Å². The Hall–Kier alpha value is -4.01. The van der Waals surface area contributed by atoms with Gasteiger partial charge in [0.2, 0.25) is 5.43 Å². The van der Waals surface area contributed by atoms with Gasteiger partial charge in [0.25, 0.3) is 5.91 Å². The molecular formula is C24H19F2N3O4. The second-order valence-corrected chi connectivity index (χ2v) is 8.16. The third-order valence-electron chi connectivity index (χ3n) is 6.22. The highest BCUT2D eigenvalue weighted by atomic mass is 19.1. The normalized spacial score (nSPS) is 16.5. The van der Waals surface area contributed by atoms with Crippen LogP contribution in [0.3, 0.4) is 0 Å². The smallest absolute Gasteiger partial charge is 0.278 e. The van der Waals surface area contributed by atoms with Crippen LogP contribution >= 0.6 is 0 Å². The molecule has 0 aliphatic carbocycles. The molecular weight excluding hydrogens is 432 g/mol. The monoisotopic (exact) mass is 451 g/mol. The van der Waals surface area contributed by atoms with E-state index in [1.54, 1.807) is 12.1 Å². The number of hydrogen-bond donors (Lipinski definition) is 1. The number of carbonyl (C=O) groups is 2. The first-order valence-corrected chi connectivity index (χ1v) is 10.4. The molecule has 0 spiro atoms. The Labute approximate surface area is 187 Å².